The topological polar surface area (TPSA) is 86.8 Å². The van der Waals surface area contributed by atoms with Crippen LogP contribution >= 0.6 is 34.8 Å². The molecule has 0 aliphatic rings. The summed E-state index contributed by atoms with van der Waals surface area (Å²) < 4.78 is 29.0. The molecule has 0 bridgehead atoms. The molecule has 0 saturated heterocycles. The molecule has 11 heteroatoms. The smallest absolute Gasteiger partial charge is 0.264 e. The van der Waals surface area contributed by atoms with Gasteiger partial charge in [0.05, 0.1) is 20.6 Å². The van der Waals surface area contributed by atoms with Crippen molar-refractivity contribution in [2.45, 2.75) is 52.1 Å². The Hall–Kier alpha value is -2.78. The van der Waals surface area contributed by atoms with Gasteiger partial charge in [-0.3, -0.25) is 13.9 Å². The molecule has 0 aromatic heterocycles. The number of nitrogens with zero attached hydrogens (tertiary/aromatic N) is 2. The number of rotatable bonds is 11. The van der Waals surface area contributed by atoms with Crippen LogP contribution in [0.1, 0.15) is 37.5 Å². The summed E-state index contributed by atoms with van der Waals surface area (Å²) in [6.45, 7) is 8.93. The molecule has 3 aromatic rings. The van der Waals surface area contributed by atoms with Crippen molar-refractivity contribution >= 4 is 62.3 Å². The van der Waals surface area contributed by atoms with E-state index >= 15 is 0 Å². The molecule has 0 radical (unpaired) electrons. The molecule has 3 aromatic carbocycles. The van der Waals surface area contributed by atoms with Gasteiger partial charge in [-0.15, -0.1) is 0 Å². The Labute approximate surface area is 257 Å². The van der Waals surface area contributed by atoms with Crippen LogP contribution in [-0.4, -0.2) is 44.3 Å². The number of benzene rings is 3. The number of aryl methyl sites for hydroxylation is 1. The van der Waals surface area contributed by atoms with Gasteiger partial charge >= 0.3 is 0 Å². The Morgan fingerprint density at radius 2 is 1.54 bits per heavy atom. The summed E-state index contributed by atoms with van der Waals surface area (Å²) in [7, 11) is -4.20. The lowest BCUT2D eigenvalue weighted by Crippen LogP contribution is -2.51. The Kier molecular flexibility index (Phi) is 11.1. The molecule has 1 N–H and O–H groups in total. The van der Waals surface area contributed by atoms with Gasteiger partial charge in [0.15, 0.2) is 0 Å². The minimum absolute atomic E-state index is 0.00106. The molecular formula is C30H34Cl3N3O4S. The maximum absolute atomic E-state index is 14.0. The van der Waals surface area contributed by atoms with E-state index in [0.717, 1.165) is 9.87 Å². The van der Waals surface area contributed by atoms with Crippen molar-refractivity contribution in [3.05, 3.63) is 92.4 Å². The Morgan fingerprint density at radius 1 is 0.878 bits per heavy atom. The summed E-state index contributed by atoms with van der Waals surface area (Å²) in [4.78, 5) is 28.5. The van der Waals surface area contributed by atoms with Crippen LogP contribution in [0, 0.1) is 19.8 Å². The largest absolute Gasteiger partial charge is 0.354 e. The predicted molar refractivity (Wildman–Crippen MR) is 166 cm³/mol. The Bertz CT molecular complexity index is 1510. The lowest BCUT2D eigenvalue weighted by Gasteiger charge is -2.32. The summed E-state index contributed by atoms with van der Waals surface area (Å²) in [6, 6.07) is 15.3. The summed E-state index contributed by atoms with van der Waals surface area (Å²) in [5, 5.41) is 3.86. The number of amides is 2. The molecule has 0 fully saturated rings. The molecular weight excluding hydrogens is 605 g/mol. The van der Waals surface area contributed by atoms with Crippen molar-refractivity contribution in [2.75, 3.05) is 17.4 Å². The van der Waals surface area contributed by atoms with Gasteiger partial charge in [0.2, 0.25) is 11.8 Å². The zero-order valence-corrected chi connectivity index (χ0v) is 26.7. The monoisotopic (exact) mass is 637 g/mol. The van der Waals surface area contributed by atoms with Crippen molar-refractivity contribution in [1.82, 2.24) is 10.2 Å². The third-order valence-electron chi connectivity index (χ3n) is 6.58. The second-order valence-electron chi connectivity index (χ2n) is 10.3. The molecule has 0 aliphatic heterocycles. The van der Waals surface area contributed by atoms with Gasteiger partial charge in [0.25, 0.3) is 10.0 Å². The van der Waals surface area contributed by atoms with E-state index in [2.05, 4.69) is 5.32 Å². The van der Waals surface area contributed by atoms with E-state index in [1.807, 2.05) is 20.8 Å². The van der Waals surface area contributed by atoms with E-state index < -0.39 is 28.5 Å². The highest BCUT2D eigenvalue weighted by Gasteiger charge is 2.33. The van der Waals surface area contributed by atoms with Crippen molar-refractivity contribution in [2.24, 2.45) is 5.92 Å². The first-order chi connectivity index (χ1) is 19.2. The van der Waals surface area contributed by atoms with E-state index in [-0.39, 0.29) is 29.0 Å². The normalized spacial score (nSPS) is 12.2. The van der Waals surface area contributed by atoms with Crippen LogP contribution in [-0.2, 0) is 26.2 Å². The zero-order valence-electron chi connectivity index (χ0n) is 23.6. The maximum atomic E-state index is 14.0. The first-order valence-electron chi connectivity index (χ1n) is 13.1. The van der Waals surface area contributed by atoms with E-state index in [9.17, 15) is 18.0 Å². The molecule has 0 aliphatic carbocycles. The van der Waals surface area contributed by atoms with Gasteiger partial charge in [0, 0.05) is 18.1 Å². The summed E-state index contributed by atoms with van der Waals surface area (Å²) in [6.07, 6.45) is 0. The molecule has 0 spiro atoms. The number of hydrogen-bond acceptors (Lipinski definition) is 4. The van der Waals surface area contributed by atoms with Crippen LogP contribution < -0.4 is 9.62 Å². The Balaban J connectivity index is 2.07. The number of carbonyl (C=O) groups is 2. The molecule has 3 rings (SSSR count). The van der Waals surface area contributed by atoms with Gasteiger partial charge in [-0.1, -0.05) is 78.5 Å². The van der Waals surface area contributed by atoms with Crippen LogP contribution in [0.4, 0.5) is 5.69 Å². The van der Waals surface area contributed by atoms with Crippen molar-refractivity contribution in [1.29, 1.82) is 0 Å². The van der Waals surface area contributed by atoms with Crippen LogP contribution in [0.15, 0.2) is 65.6 Å². The fourth-order valence-corrected chi connectivity index (χ4v) is 6.05. The zero-order chi connectivity index (χ0) is 30.5. The minimum atomic E-state index is -4.20. The third-order valence-corrected chi connectivity index (χ3v) is 9.51. The van der Waals surface area contributed by atoms with E-state index in [4.69, 9.17) is 34.8 Å². The van der Waals surface area contributed by atoms with Gasteiger partial charge in [-0.2, -0.15) is 0 Å². The van der Waals surface area contributed by atoms with Crippen LogP contribution in [0.5, 0.6) is 0 Å². The van der Waals surface area contributed by atoms with E-state index in [1.165, 1.54) is 17.0 Å². The van der Waals surface area contributed by atoms with Gasteiger partial charge in [-0.25, -0.2) is 8.42 Å². The average molecular weight is 639 g/mol. The van der Waals surface area contributed by atoms with Crippen molar-refractivity contribution in [3.63, 3.8) is 0 Å². The predicted octanol–water partition coefficient (Wildman–Crippen LogP) is 6.65. The van der Waals surface area contributed by atoms with Crippen LogP contribution in [0.3, 0.4) is 0 Å². The highest BCUT2D eigenvalue weighted by atomic mass is 35.5. The van der Waals surface area contributed by atoms with Crippen LogP contribution in [0.2, 0.25) is 15.1 Å². The number of carbonyl (C=O) groups excluding carboxylic acids is 2. The van der Waals surface area contributed by atoms with Crippen molar-refractivity contribution < 1.29 is 18.0 Å². The second-order valence-corrected chi connectivity index (χ2v) is 13.4. The summed E-state index contributed by atoms with van der Waals surface area (Å²) >= 11 is 18.7. The Morgan fingerprint density at radius 3 is 2.15 bits per heavy atom. The van der Waals surface area contributed by atoms with Gasteiger partial charge < -0.3 is 10.2 Å². The number of anilines is 1. The average Bonchev–Trinajstić information content (AvgIpc) is 2.92. The molecule has 41 heavy (non-hydrogen) atoms. The van der Waals surface area contributed by atoms with Crippen molar-refractivity contribution in [3.8, 4) is 0 Å². The summed E-state index contributed by atoms with van der Waals surface area (Å²) in [5.41, 5.74) is 2.27. The molecule has 0 unspecified atom stereocenters. The lowest BCUT2D eigenvalue weighted by atomic mass is 10.1. The molecule has 7 nitrogen and oxygen atoms in total. The number of hydrogen-bond donors (Lipinski definition) is 1. The molecule has 220 valence electrons. The molecule has 2 amide bonds. The quantitative estimate of drug-likeness (QED) is 0.255. The first kappa shape index (κ1) is 32.7. The summed E-state index contributed by atoms with van der Waals surface area (Å²) in [5.74, 6) is -0.747. The van der Waals surface area contributed by atoms with Gasteiger partial charge in [0.1, 0.15) is 12.6 Å². The number of halogens is 3. The van der Waals surface area contributed by atoms with Gasteiger partial charge in [-0.05, 0) is 74.2 Å². The number of nitrogens with one attached hydrogen (secondary N) is 1. The fraction of sp³-hybridized carbons (Fsp3) is 0.333. The molecule has 0 heterocycles. The fourth-order valence-electron chi connectivity index (χ4n) is 4.09. The second kappa shape index (κ2) is 13.9. The first-order valence-corrected chi connectivity index (χ1v) is 15.7. The maximum Gasteiger partial charge on any atom is 0.264 e. The van der Waals surface area contributed by atoms with E-state index in [0.29, 0.717) is 32.7 Å². The third kappa shape index (κ3) is 8.16. The highest BCUT2D eigenvalue weighted by Crippen LogP contribution is 2.31. The highest BCUT2D eigenvalue weighted by molar-refractivity contribution is 7.92. The number of sulfonamides is 1. The minimum Gasteiger partial charge on any atom is -0.354 e. The van der Waals surface area contributed by atoms with Crippen LogP contribution in [0.25, 0.3) is 0 Å². The standard InChI is InChI=1S/C30H34Cl3N3O4S/c1-19(2)16-34-30(38)22(5)35(17-23-11-14-26(32)27(33)15-23)29(37)18-36(28-8-6-7-25(31)21(28)4)41(39,40)24-12-9-20(3)10-13-24/h6-15,19,22H,16-18H2,1-5H3,(H,34,38)/t22-/m0/s1. The lowest BCUT2D eigenvalue weighted by molar-refractivity contribution is -0.139. The van der Waals surface area contributed by atoms with E-state index in [1.54, 1.807) is 62.4 Å². The SMILES string of the molecule is Cc1ccc(S(=O)(=O)N(CC(=O)N(Cc2ccc(Cl)c(Cl)c2)[C@@H](C)C(=O)NCC(C)C)c2cccc(Cl)c2C)cc1. The molecule has 1 atom stereocenters. The molecule has 0 saturated carbocycles.